The molecule has 2 aromatic rings. The van der Waals surface area contributed by atoms with E-state index in [0.29, 0.717) is 23.8 Å². The Morgan fingerprint density at radius 3 is 2.20 bits per heavy atom. The zero-order valence-corrected chi connectivity index (χ0v) is 18.9. The minimum absolute atomic E-state index is 0. The number of benzene rings is 2. The Morgan fingerprint density at radius 2 is 1.53 bits per heavy atom. The highest BCUT2D eigenvalue weighted by Gasteiger charge is 2.49. The van der Waals surface area contributed by atoms with Gasteiger partial charge in [0, 0.05) is 24.2 Å². The maximum atomic E-state index is 5.16. The van der Waals surface area contributed by atoms with Gasteiger partial charge in [0.1, 0.15) is 0 Å². The van der Waals surface area contributed by atoms with Crippen molar-refractivity contribution in [1.82, 2.24) is 4.90 Å². The lowest BCUT2D eigenvalue weighted by molar-refractivity contribution is 0.0449. The fourth-order valence-corrected chi connectivity index (χ4v) is 6.56. The van der Waals surface area contributed by atoms with Crippen LogP contribution in [0.5, 0.6) is 0 Å². The lowest BCUT2D eigenvalue weighted by atomic mass is 9.56. The maximum absolute atomic E-state index is 5.16. The van der Waals surface area contributed by atoms with Crippen molar-refractivity contribution in [3.8, 4) is 0 Å². The third-order valence-corrected chi connectivity index (χ3v) is 7.84. The van der Waals surface area contributed by atoms with Crippen molar-refractivity contribution in [2.75, 3.05) is 20.1 Å². The molecule has 2 fully saturated rings. The SMILES string of the molecule is CN1CCCC2C(c3ccccc3)C(C3=NCCCC3)C(c3ccccc3)CC21.Cl. The first-order valence-corrected chi connectivity index (χ1v) is 11.7. The molecule has 5 atom stereocenters. The fraction of sp³-hybridized carbons (Fsp3) is 0.519. The molecule has 1 aliphatic carbocycles. The van der Waals surface area contributed by atoms with Gasteiger partial charge < -0.3 is 4.90 Å². The van der Waals surface area contributed by atoms with Gasteiger partial charge in [-0.05, 0) is 81.0 Å². The molecule has 5 rings (SSSR count). The zero-order valence-electron chi connectivity index (χ0n) is 18.1. The standard InChI is InChI=1S/C27H34N2.ClH/c1-29-18-10-15-22-25(29)19-23(20-11-4-2-5-12-20)27(24-16-8-9-17-28-24)26(22)21-13-6-3-7-14-21;/h2-7,11-14,22-23,25-27H,8-10,15-19H2,1H3;1H. The van der Waals surface area contributed by atoms with Crippen molar-refractivity contribution < 1.29 is 0 Å². The molecule has 0 spiro atoms. The Morgan fingerprint density at radius 1 is 0.833 bits per heavy atom. The molecule has 3 heteroatoms. The Labute approximate surface area is 188 Å². The summed E-state index contributed by atoms with van der Waals surface area (Å²) in [6.45, 7) is 2.28. The number of hydrogen-bond acceptors (Lipinski definition) is 2. The second-order valence-electron chi connectivity index (χ2n) is 9.40. The number of halogens is 1. The molecular formula is C27H35ClN2. The molecule has 1 saturated carbocycles. The second kappa shape index (κ2) is 9.66. The summed E-state index contributed by atoms with van der Waals surface area (Å²) in [5, 5.41) is 0. The van der Waals surface area contributed by atoms with E-state index in [1.165, 1.54) is 61.9 Å². The van der Waals surface area contributed by atoms with E-state index in [-0.39, 0.29) is 12.4 Å². The fourth-order valence-electron chi connectivity index (χ4n) is 6.56. The molecule has 2 nitrogen and oxygen atoms in total. The molecular weight excluding hydrogens is 388 g/mol. The highest BCUT2D eigenvalue weighted by molar-refractivity contribution is 5.89. The Kier molecular flexibility index (Phi) is 6.95. The highest BCUT2D eigenvalue weighted by Crippen LogP contribution is 2.54. The quantitative estimate of drug-likeness (QED) is 0.564. The summed E-state index contributed by atoms with van der Waals surface area (Å²) >= 11 is 0. The van der Waals surface area contributed by atoms with Crippen LogP contribution in [0.25, 0.3) is 0 Å². The largest absolute Gasteiger partial charge is 0.303 e. The van der Waals surface area contributed by atoms with E-state index in [1.54, 1.807) is 0 Å². The molecule has 3 aliphatic rings. The van der Waals surface area contributed by atoms with Gasteiger partial charge in [-0.25, -0.2) is 0 Å². The zero-order chi connectivity index (χ0) is 19.6. The molecule has 0 bridgehead atoms. The van der Waals surface area contributed by atoms with Crippen LogP contribution in [0.2, 0.25) is 0 Å². The second-order valence-corrected chi connectivity index (χ2v) is 9.40. The minimum atomic E-state index is 0. The molecule has 0 aromatic heterocycles. The van der Waals surface area contributed by atoms with Crippen LogP contribution in [0.4, 0.5) is 0 Å². The average molecular weight is 423 g/mol. The van der Waals surface area contributed by atoms with Gasteiger partial charge in [0.2, 0.25) is 0 Å². The van der Waals surface area contributed by atoms with Crippen LogP contribution >= 0.6 is 12.4 Å². The first kappa shape index (κ1) is 21.6. The van der Waals surface area contributed by atoms with E-state index in [2.05, 4.69) is 72.6 Å². The van der Waals surface area contributed by atoms with Gasteiger partial charge in [0.05, 0.1) is 0 Å². The molecule has 2 heterocycles. The summed E-state index contributed by atoms with van der Waals surface area (Å²) in [6, 6.07) is 23.4. The molecule has 0 amide bonds. The normalized spacial score (nSPS) is 31.9. The van der Waals surface area contributed by atoms with E-state index in [0.717, 1.165) is 12.5 Å². The van der Waals surface area contributed by atoms with E-state index in [1.807, 2.05) is 0 Å². The van der Waals surface area contributed by atoms with Crippen LogP contribution in [0.1, 0.15) is 61.5 Å². The van der Waals surface area contributed by atoms with Crippen LogP contribution in [0, 0.1) is 11.8 Å². The van der Waals surface area contributed by atoms with Crippen molar-refractivity contribution in [1.29, 1.82) is 0 Å². The predicted octanol–water partition coefficient (Wildman–Crippen LogP) is 6.33. The maximum Gasteiger partial charge on any atom is 0.0388 e. The first-order valence-electron chi connectivity index (χ1n) is 11.7. The van der Waals surface area contributed by atoms with Crippen molar-refractivity contribution in [3.63, 3.8) is 0 Å². The third kappa shape index (κ3) is 4.09. The van der Waals surface area contributed by atoms with Crippen molar-refractivity contribution in [2.24, 2.45) is 16.8 Å². The molecule has 0 radical (unpaired) electrons. The van der Waals surface area contributed by atoms with Crippen LogP contribution in [0.15, 0.2) is 65.7 Å². The monoisotopic (exact) mass is 422 g/mol. The van der Waals surface area contributed by atoms with E-state index in [9.17, 15) is 0 Å². The van der Waals surface area contributed by atoms with Crippen LogP contribution in [-0.2, 0) is 0 Å². The topological polar surface area (TPSA) is 15.6 Å². The van der Waals surface area contributed by atoms with Gasteiger partial charge >= 0.3 is 0 Å². The molecule has 2 aliphatic heterocycles. The molecule has 160 valence electrons. The van der Waals surface area contributed by atoms with E-state index < -0.39 is 0 Å². The summed E-state index contributed by atoms with van der Waals surface area (Å²) in [5.41, 5.74) is 4.58. The number of hydrogen-bond donors (Lipinski definition) is 0. The van der Waals surface area contributed by atoms with Gasteiger partial charge in [0.15, 0.2) is 0 Å². The average Bonchev–Trinajstić information content (AvgIpc) is 2.80. The Bertz CT molecular complexity index is 834. The first-order chi connectivity index (χ1) is 14.3. The van der Waals surface area contributed by atoms with Gasteiger partial charge in [-0.1, -0.05) is 60.7 Å². The molecule has 1 saturated heterocycles. The summed E-state index contributed by atoms with van der Waals surface area (Å²) < 4.78 is 0. The van der Waals surface area contributed by atoms with Gasteiger partial charge in [-0.3, -0.25) is 4.99 Å². The predicted molar refractivity (Wildman–Crippen MR) is 129 cm³/mol. The summed E-state index contributed by atoms with van der Waals surface area (Å²) in [6.07, 6.45) is 7.74. The van der Waals surface area contributed by atoms with Crippen LogP contribution < -0.4 is 0 Å². The van der Waals surface area contributed by atoms with E-state index in [4.69, 9.17) is 4.99 Å². The minimum Gasteiger partial charge on any atom is -0.303 e. The Balaban J connectivity index is 0.00000218. The van der Waals surface area contributed by atoms with Gasteiger partial charge in [0.25, 0.3) is 0 Å². The smallest absolute Gasteiger partial charge is 0.0388 e. The summed E-state index contributed by atoms with van der Waals surface area (Å²) in [4.78, 5) is 7.83. The van der Waals surface area contributed by atoms with Crippen LogP contribution in [-0.4, -0.2) is 36.8 Å². The number of piperidine rings is 1. The van der Waals surface area contributed by atoms with E-state index >= 15 is 0 Å². The summed E-state index contributed by atoms with van der Waals surface area (Å²) in [5.74, 6) is 2.44. The highest BCUT2D eigenvalue weighted by atomic mass is 35.5. The summed E-state index contributed by atoms with van der Waals surface area (Å²) in [7, 11) is 2.36. The van der Waals surface area contributed by atoms with Crippen molar-refractivity contribution >= 4 is 18.1 Å². The number of aliphatic imine (C=N–C) groups is 1. The van der Waals surface area contributed by atoms with Gasteiger partial charge in [-0.2, -0.15) is 0 Å². The molecule has 5 unspecified atom stereocenters. The molecule has 30 heavy (non-hydrogen) atoms. The molecule has 0 N–H and O–H groups in total. The van der Waals surface area contributed by atoms with Gasteiger partial charge in [-0.15, -0.1) is 12.4 Å². The van der Waals surface area contributed by atoms with Crippen molar-refractivity contribution in [2.45, 2.75) is 56.4 Å². The number of likely N-dealkylation sites (tertiary alicyclic amines) is 1. The number of fused-ring (bicyclic) bond motifs is 1. The van der Waals surface area contributed by atoms with Crippen molar-refractivity contribution in [3.05, 3.63) is 71.8 Å². The number of nitrogens with zero attached hydrogens (tertiary/aromatic N) is 2. The third-order valence-electron chi connectivity index (χ3n) is 7.84. The molecule has 2 aromatic carbocycles. The van der Waals surface area contributed by atoms with Crippen LogP contribution in [0.3, 0.4) is 0 Å². The lowest BCUT2D eigenvalue weighted by Crippen LogP contribution is -2.53. The Hall–Kier alpha value is -1.64. The number of rotatable bonds is 3. The lowest BCUT2D eigenvalue weighted by Gasteiger charge is -2.53.